The highest BCUT2D eigenvalue weighted by atomic mass is 19.4. The van der Waals surface area contributed by atoms with Gasteiger partial charge in [0.2, 0.25) is 0 Å². The van der Waals surface area contributed by atoms with Gasteiger partial charge in [-0.25, -0.2) is 0 Å². The standard InChI is InChI=1S/C15H21F3O2/c1-6-14(19,15(16,17)18)10-7-8-12(20-5)11(9-10)13(2,3)4/h7-9,19H,6H2,1-5H3. The van der Waals surface area contributed by atoms with Gasteiger partial charge in [-0.15, -0.1) is 0 Å². The van der Waals surface area contributed by atoms with Crippen molar-refractivity contribution in [3.63, 3.8) is 0 Å². The van der Waals surface area contributed by atoms with Crippen LogP contribution in [0.2, 0.25) is 0 Å². The van der Waals surface area contributed by atoms with Crippen molar-refractivity contribution in [2.45, 2.75) is 51.3 Å². The summed E-state index contributed by atoms with van der Waals surface area (Å²) in [7, 11) is 1.47. The van der Waals surface area contributed by atoms with Crippen LogP contribution in [-0.4, -0.2) is 18.4 Å². The van der Waals surface area contributed by atoms with Gasteiger partial charge in [0, 0.05) is 0 Å². The van der Waals surface area contributed by atoms with Crippen LogP contribution >= 0.6 is 0 Å². The van der Waals surface area contributed by atoms with E-state index in [1.54, 1.807) is 0 Å². The number of benzene rings is 1. The lowest BCUT2D eigenvalue weighted by molar-refractivity contribution is -0.267. The summed E-state index contributed by atoms with van der Waals surface area (Å²) in [5.74, 6) is 0.516. The number of hydrogen-bond donors (Lipinski definition) is 1. The first kappa shape index (κ1) is 16.8. The molecule has 0 fully saturated rings. The number of alkyl halides is 3. The second kappa shape index (κ2) is 5.28. The summed E-state index contributed by atoms with van der Waals surface area (Å²) >= 11 is 0. The second-order valence-corrected chi connectivity index (χ2v) is 5.88. The van der Waals surface area contributed by atoms with Crippen molar-refractivity contribution in [1.82, 2.24) is 0 Å². The van der Waals surface area contributed by atoms with E-state index in [0.717, 1.165) is 0 Å². The average Bonchev–Trinajstić information content (AvgIpc) is 2.34. The molecule has 0 aliphatic carbocycles. The molecule has 0 aliphatic heterocycles. The molecule has 114 valence electrons. The molecule has 1 aromatic rings. The van der Waals surface area contributed by atoms with Gasteiger partial charge < -0.3 is 9.84 Å². The number of aliphatic hydroxyl groups is 1. The summed E-state index contributed by atoms with van der Waals surface area (Å²) in [6, 6.07) is 4.13. The van der Waals surface area contributed by atoms with Gasteiger partial charge in [-0.05, 0) is 35.1 Å². The molecule has 0 saturated carbocycles. The Hall–Kier alpha value is -1.23. The van der Waals surface area contributed by atoms with E-state index in [9.17, 15) is 18.3 Å². The van der Waals surface area contributed by atoms with Crippen LogP contribution in [0.1, 0.15) is 45.2 Å². The van der Waals surface area contributed by atoms with Gasteiger partial charge in [0.05, 0.1) is 7.11 Å². The zero-order chi connectivity index (χ0) is 15.8. The Kier molecular flexibility index (Phi) is 4.44. The van der Waals surface area contributed by atoms with Gasteiger partial charge in [0.25, 0.3) is 0 Å². The lowest BCUT2D eigenvalue weighted by Crippen LogP contribution is -2.41. The topological polar surface area (TPSA) is 29.5 Å². The van der Waals surface area contributed by atoms with E-state index in [2.05, 4.69) is 0 Å². The van der Waals surface area contributed by atoms with Gasteiger partial charge in [-0.1, -0.05) is 33.8 Å². The molecule has 0 radical (unpaired) electrons. The molecule has 0 aliphatic rings. The summed E-state index contributed by atoms with van der Waals surface area (Å²) in [6.45, 7) is 6.96. The third-order valence-electron chi connectivity index (χ3n) is 3.47. The number of hydrogen-bond acceptors (Lipinski definition) is 2. The van der Waals surface area contributed by atoms with Crippen LogP contribution in [0.3, 0.4) is 0 Å². The first-order chi connectivity index (χ1) is 8.97. The molecule has 0 spiro atoms. The molecule has 0 aromatic heterocycles. The molecule has 0 saturated heterocycles. The molecule has 5 heteroatoms. The lowest BCUT2D eigenvalue weighted by atomic mass is 9.81. The van der Waals surface area contributed by atoms with E-state index in [1.165, 1.54) is 32.2 Å². The van der Waals surface area contributed by atoms with Crippen molar-refractivity contribution in [3.8, 4) is 5.75 Å². The highest BCUT2D eigenvalue weighted by Crippen LogP contribution is 2.43. The van der Waals surface area contributed by atoms with Crippen LogP contribution in [-0.2, 0) is 11.0 Å². The van der Waals surface area contributed by atoms with Gasteiger partial charge >= 0.3 is 6.18 Å². The number of ether oxygens (including phenoxy) is 1. The van der Waals surface area contributed by atoms with Crippen molar-refractivity contribution in [1.29, 1.82) is 0 Å². The highest BCUT2D eigenvalue weighted by Gasteiger charge is 2.53. The average molecular weight is 290 g/mol. The number of methoxy groups -OCH3 is 1. The molecule has 20 heavy (non-hydrogen) atoms. The van der Waals surface area contributed by atoms with E-state index >= 15 is 0 Å². The van der Waals surface area contributed by atoms with Crippen LogP contribution in [0.25, 0.3) is 0 Å². The molecule has 1 N–H and O–H groups in total. The molecule has 1 rings (SSSR count). The molecule has 1 unspecified atom stereocenters. The SMILES string of the molecule is CCC(O)(c1ccc(OC)c(C(C)(C)C)c1)C(F)(F)F. The maximum Gasteiger partial charge on any atom is 0.421 e. The third-order valence-corrected chi connectivity index (χ3v) is 3.47. The summed E-state index contributed by atoms with van der Waals surface area (Å²) in [5.41, 5.74) is -2.74. The molecule has 0 amide bonds. The fourth-order valence-corrected chi connectivity index (χ4v) is 2.12. The Morgan fingerprint density at radius 3 is 2.05 bits per heavy atom. The Balaban J connectivity index is 3.49. The van der Waals surface area contributed by atoms with Crippen LogP contribution < -0.4 is 4.74 Å². The summed E-state index contributed by atoms with van der Waals surface area (Å²) in [4.78, 5) is 0. The Morgan fingerprint density at radius 2 is 1.70 bits per heavy atom. The first-order valence-corrected chi connectivity index (χ1v) is 6.45. The largest absolute Gasteiger partial charge is 0.496 e. The minimum atomic E-state index is -4.72. The van der Waals surface area contributed by atoms with Crippen molar-refractivity contribution < 1.29 is 23.0 Å². The Morgan fingerprint density at radius 1 is 1.15 bits per heavy atom. The monoisotopic (exact) mass is 290 g/mol. The van der Waals surface area contributed by atoms with Gasteiger partial charge in [0.1, 0.15) is 5.75 Å². The predicted molar refractivity (Wildman–Crippen MR) is 71.9 cm³/mol. The van der Waals surface area contributed by atoms with Crippen LogP contribution in [0.4, 0.5) is 13.2 Å². The number of halogens is 3. The smallest absolute Gasteiger partial charge is 0.421 e. The second-order valence-electron chi connectivity index (χ2n) is 5.88. The first-order valence-electron chi connectivity index (χ1n) is 6.45. The summed E-state index contributed by atoms with van der Waals surface area (Å²) in [6.07, 6.45) is -5.15. The fourth-order valence-electron chi connectivity index (χ4n) is 2.12. The molecular formula is C15H21F3O2. The van der Waals surface area contributed by atoms with E-state index in [1.807, 2.05) is 20.8 Å². The van der Waals surface area contributed by atoms with Crippen molar-refractivity contribution in [3.05, 3.63) is 29.3 Å². The van der Waals surface area contributed by atoms with Crippen molar-refractivity contribution in [2.75, 3.05) is 7.11 Å². The molecule has 0 heterocycles. The zero-order valence-corrected chi connectivity index (χ0v) is 12.4. The normalized spacial score (nSPS) is 15.8. The van der Waals surface area contributed by atoms with Gasteiger partial charge in [-0.2, -0.15) is 13.2 Å². The van der Waals surface area contributed by atoms with E-state index in [0.29, 0.717) is 11.3 Å². The maximum atomic E-state index is 13.1. The summed E-state index contributed by atoms with van der Waals surface area (Å²) in [5, 5.41) is 10.0. The van der Waals surface area contributed by atoms with Crippen molar-refractivity contribution in [2.24, 2.45) is 0 Å². The van der Waals surface area contributed by atoms with E-state index < -0.39 is 18.2 Å². The lowest BCUT2D eigenvalue weighted by Gasteiger charge is -2.32. The van der Waals surface area contributed by atoms with Gasteiger partial charge in [0.15, 0.2) is 5.60 Å². The molecule has 1 atom stereocenters. The van der Waals surface area contributed by atoms with Crippen LogP contribution in [0.5, 0.6) is 5.75 Å². The van der Waals surface area contributed by atoms with Crippen molar-refractivity contribution >= 4 is 0 Å². The minimum absolute atomic E-state index is 0.154. The Bertz CT molecular complexity index is 475. The fraction of sp³-hybridized carbons (Fsp3) is 0.600. The molecular weight excluding hydrogens is 269 g/mol. The summed E-state index contributed by atoms with van der Waals surface area (Å²) < 4.78 is 44.6. The third kappa shape index (κ3) is 2.92. The molecule has 1 aromatic carbocycles. The van der Waals surface area contributed by atoms with Gasteiger partial charge in [-0.3, -0.25) is 0 Å². The molecule has 2 nitrogen and oxygen atoms in total. The number of rotatable bonds is 3. The highest BCUT2D eigenvalue weighted by molar-refractivity contribution is 5.43. The van der Waals surface area contributed by atoms with E-state index in [-0.39, 0.29) is 11.0 Å². The molecule has 0 bridgehead atoms. The Labute approximate surface area is 117 Å². The maximum absolute atomic E-state index is 13.1. The predicted octanol–water partition coefficient (Wildman–Crippen LogP) is 4.15. The van der Waals surface area contributed by atoms with Crippen LogP contribution in [0, 0.1) is 0 Å². The zero-order valence-electron chi connectivity index (χ0n) is 12.4. The van der Waals surface area contributed by atoms with Crippen LogP contribution in [0.15, 0.2) is 18.2 Å². The quantitative estimate of drug-likeness (QED) is 0.906. The minimum Gasteiger partial charge on any atom is -0.496 e. The van der Waals surface area contributed by atoms with E-state index in [4.69, 9.17) is 4.74 Å².